The lowest BCUT2D eigenvalue weighted by molar-refractivity contribution is -0.141. The summed E-state index contributed by atoms with van der Waals surface area (Å²) in [5.41, 5.74) is 0.743. The van der Waals surface area contributed by atoms with Gasteiger partial charge in [0.15, 0.2) is 9.84 Å². The highest BCUT2D eigenvalue weighted by Crippen LogP contribution is 2.05. The fourth-order valence-corrected chi connectivity index (χ4v) is 1.99. The maximum atomic E-state index is 11.7. The minimum atomic E-state index is -3.55. The van der Waals surface area contributed by atoms with Crippen molar-refractivity contribution in [1.82, 2.24) is 5.32 Å². The number of carbonyl (C=O) groups is 2. The number of carboxylic acids is 1. The number of sulfone groups is 1. The number of hydrogen-bond donors (Lipinski definition) is 2. The zero-order valence-electron chi connectivity index (χ0n) is 11.2. The van der Waals surface area contributed by atoms with Crippen molar-refractivity contribution in [2.75, 3.05) is 6.26 Å². The topological polar surface area (TPSA) is 101 Å². The Kier molecular flexibility index (Phi) is 5.26. The molecule has 110 valence electrons. The van der Waals surface area contributed by atoms with E-state index in [2.05, 4.69) is 5.32 Å². The van der Waals surface area contributed by atoms with Crippen LogP contribution in [-0.4, -0.2) is 42.9 Å². The molecule has 0 saturated heterocycles. The Hall–Kier alpha value is -1.89. The summed E-state index contributed by atoms with van der Waals surface area (Å²) in [6.07, 6.45) is 1.03. The van der Waals surface area contributed by atoms with Crippen molar-refractivity contribution in [3.63, 3.8) is 0 Å². The van der Waals surface area contributed by atoms with Gasteiger partial charge >= 0.3 is 5.97 Å². The van der Waals surface area contributed by atoms with Gasteiger partial charge in [-0.25, -0.2) is 13.2 Å². The highest BCUT2D eigenvalue weighted by Gasteiger charge is 2.28. The molecule has 0 aliphatic carbocycles. The predicted octanol–water partition coefficient (Wildman–Crippen LogP) is 0.232. The van der Waals surface area contributed by atoms with E-state index >= 15 is 0 Å². The molecule has 1 aromatic carbocycles. The van der Waals surface area contributed by atoms with Crippen molar-refractivity contribution in [1.29, 1.82) is 0 Å². The van der Waals surface area contributed by atoms with Crippen LogP contribution >= 0.6 is 0 Å². The SMILES string of the molecule is CC(C(=O)N[C@H](Cc1ccccc1)C(=O)O)S(C)(=O)=O. The Balaban J connectivity index is 2.79. The van der Waals surface area contributed by atoms with Gasteiger partial charge in [0.1, 0.15) is 11.3 Å². The molecule has 0 radical (unpaired) electrons. The zero-order valence-corrected chi connectivity index (χ0v) is 12.1. The molecule has 2 atom stereocenters. The minimum Gasteiger partial charge on any atom is -0.480 e. The molecule has 2 N–H and O–H groups in total. The van der Waals surface area contributed by atoms with Gasteiger partial charge in [0, 0.05) is 12.7 Å². The summed E-state index contributed by atoms with van der Waals surface area (Å²) in [6, 6.07) is 7.63. The molecular formula is C13H17NO5S. The third kappa shape index (κ3) is 4.65. The predicted molar refractivity (Wildman–Crippen MR) is 74.0 cm³/mol. The van der Waals surface area contributed by atoms with E-state index in [4.69, 9.17) is 5.11 Å². The number of rotatable bonds is 6. The van der Waals surface area contributed by atoms with E-state index in [9.17, 15) is 18.0 Å². The van der Waals surface area contributed by atoms with E-state index < -0.39 is 33.0 Å². The molecule has 1 rings (SSSR count). The van der Waals surface area contributed by atoms with E-state index in [-0.39, 0.29) is 6.42 Å². The Morgan fingerprint density at radius 3 is 2.25 bits per heavy atom. The van der Waals surface area contributed by atoms with E-state index in [1.165, 1.54) is 6.92 Å². The lowest BCUT2D eigenvalue weighted by atomic mass is 10.1. The normalized spacial score (nSPS) is 14.3. The fraction of sp³-hybridized carbons (Fsp3) is 0.385. The first-order chi connectivity index (χ1) is 9.21. The van der Waals surface area contributed by atoms with Gasteiger partial charge in [0.25, 0.3) is 0 Å². The Bertz CT molecular complexity index is 582. The molecule has 0 heterocycles. The van der Waals surface area contributed by atoms with Gasteiger partial charge in [-0.3, -0.25) is 4.79 Å². The fourth-order valence-electron chi connectivity index (χ4n) is 1.53. The second-order valence-electron chi connectivity index (χ2n) is 4.56. The van der Waals surface area contributed by atoms with Crippen LogP contribution in [0.15, 0.2) is 30.3 Å². The molecule has 6 nitrogen and oxygen atoms in total. The highest BCUT2D eigenvalue weighted by atomic mass is 32.2. The summed E-state index contributed by atoms with van der Waals surface area (Å²) >= 11 is 0. The van der Waals surface area contributed by atoms with Crippen LogP contribution in [0.5, 0.6) is 0 Å². The van der Waals surface area contributed by atoms with Crippen molar-refractivity contribution in [2.24, 2.45) is 0 Å². The summed E-state index contributed by atoms with van der Waals surface area (Å²) < 4.78 is 22.5. The quantitative estimate of drug-likeness (QED) is 0.783. The van der Waals surface area contributed by atoms with Crippen LogP contribution in [0.1, 0.15) is 12.5 Å². The van der Waals surface area contributed by atoms with E-state index in [0.717, 1.165) is 11.8 Å². The summed E-state index contributed by atoms with van der Waals surface area (Å²) in [4.78, 5) is 22.9. The molecule has 1 aromatic rings. The van der Waals surface area contributed by atoms with Crippen LogP contribution in [0.2, 0.25) is 0 Å². The molecule has 0 saturated carbocycles. The minimum absolute atomic E-state index is 0.0956. The second kappa shape index (κ2) is 6.51. The number of aliphatic carboxylic acids is 1. The van der Waals surface area contributed by atoms with Gasteiger partial charge in [-0.2, -0.15) is 0 Å². The zero-order chi connectivity index (χ0) is 15.3. The van der Waals surface area contributed by atoms with Crippen molar-refractivity contribution >= 4 is 21.7 Å². The molecule has 1 unspecified atom stereocenters. The third-order valence-electron chi connectivity index (χ3n) is 2.91. The molecule has 0 aliphatic rings. The summed E-state index contributed by atoms with van der Waals surface area (Å²) in [7, 11) is -3.55. The summed E-state index contributed by atoms with van der Waals surface area (Å²) in [5.74, 6) is -2.02. The number of carboxylic acid groups (broad SMARTS) is 1. The van der Waals surface area contributed by atoms with Crippen LogP contribution in [0.3, 0.4) is 0 Å². The first kappa shape index (κ1) is 16.2. The van der Waals surface area contributed by atoms with Crippen molar-refractivity contribution in [3.8, 4) is 0 Å². The largest absolute Gasteiger partial charge is 0.480 e. The van der Waals surface area contributed by atoms with Gasteiger partial charge in [0.05, 0.1) is 0 Å². The standard InChI is InChI=1S/C13H17NO5S/c1-9(20(2,18)19)12(15)14-11(13(16)17)8-10-6-4-3-5-7-10/h3-7,9,11H,8H2,1-2H3,(H,14,15)(H,16,17)/t9?,11-/m1/s1. The van der Waals surface area contributed by atoms with Crippen molar-refractivity contribution < 1.29 is 23.1 Å². The van der Waals surface area contributed by atoms with Gasteiger partial charge in [-0.1, -0.05) is 30.3 Å². The number of nitrogens with one attached hydrogen (secondary N) is 1. The molecule has 0 aromatic heterocycles. The molecule has 0 fully saturated rings. The first-order valence-corrected chi connectivity index (χ1v) is 7.93. The first-order valence-electron chi connectivity index (χ1n) is 5.97. The Labute approximate surface area is 117 Å². The van der Waals surface area contributed by atoms with Crippen LogP contribution < -0.4 is 5.32 Å². The second-order valence-corrected chi connectivity index (χ2v) is 6.93. The molecule has 0 spiro atoms. The Morgan fingerprint density at radius 2 is 1.80 bits per heavy atom. The lowest BCUT2D eigenvalue weighted by Gasteiger charge is -2.17. The third-order valence-corrected chi connectivity index (χ3v) is 4.41. The van der Waals surface area contributed by atoms with Crippen molar-refractivity contribution in [2.45, 2.75) is 24.6 Å². The van der Waals surface area contributed by atoms with E-state index in [1.807, 2.05) is 0 Å². The van der Waals surface area contributed by atoms with Crippen LogP contribution in [0, 0.1) is 0 Å². The maximum Gasteiger partial charge on any atom is 0.326 e. The molecule has 7 heteroatoms. The van der Waals surface area contributed by atoms with Crippen LogP contribution in [0.25, 0.3) is 0 Å². The van der Waals surface area contributed by atoms with Gasteiger partial charge in [-0.15, -0.1) is 0 Å². The summed E-state index contributed by atoms with van der Waals surface area (Å²) in [6.45, 7) is 1.23. The molecule has 0 aliphatic heterocycles. The Morgan fingerprint density at radius 1 is 1.25 bits per heavy atom. The van der Waals surface area contributed by atoms with Gasteiger partial charge in [0.2, 0.25) is 5.91 Å². The number of hydrogen-bond acceptors (Lipinski definition) is 4. The molecule has 0 bridgehead atoms. The smallest absolute Gasteiger partial charge is 0.326 e. The van der Waals surface area contributed by atoms with E-state index in [0.29, 0.717) is 0 Å². The van der Waals surface area contributed by atoms with Gasteiger partial charge in [-0.05, 0) is 12.5 Å². The lowest BCUT2D eigenvalue weighted by Crippen LogP contribution is -2.47. The van der Waals surface area contributed by atoms with Crippen LogP contribution in [0.4, 0.5) is 0 Å². The number of benzene rings is 1. The average Bonchev–Trinajstić information content (AvgIpc) is 2.37. The maximum absolute atomic E-state index is 11.7. The highest BCUT2D eigenvalue weighted by molar-refractivity contribution is 7.92. The van der Waals surface area contributed by atoms with Crippen LogP contribution in [-0.2, 0) is 25.8 Å². The van der Waals surface area contributed by atoms with Crippen molar-refractivity contribution in [3.05, 3.63) is 35.9 Å². The number of amides is 1. The molecule has 20 heavy (non-hydrogen) atoms. The monoisotopic (exact) mass is 299 g/mol. The number of carbonyl (C=O) groups excluding carboxylic acids is 1. The molecule has 1 amide bonds. The average molecular weight is 299 g/mol. The van der Waals surface area contributed by atoms with Gasteiger partial charge < -0.3 is 10.4 Å². The van der Waals surface area contributed by atoms with E-state index in [1.54, 1.807) is 30.3 Å². The summed E-state index contributed by atoms with van der Waals surface area (Å²) in [5, 5.41) is 10.1. The molecular weight excluding hydrogens is 282 g/mol.